The van der Waals surface area contributed by atoms with Crippen molar-refractivity contribution in [2.24, 2.45) is 0 Å². The summed E-state index contributed by atoms with van der Waals surface area (Å²) in [5.74, 6) is -0.715. The van der Waals surface area contributed by atoms with Gasteiger partial charge in [-0.25, -0.2) is 0 Å². The third-order valence-electron chi connectivity index (χ3n) is 3.18. The van der Waals surface area contributed by atoms with E-state index in [1.807, 2.05) is 0 Å². The molecule has 0 bridgehead atoms. The molecule has 0 aromatic heterocycles. The second kappa shape index (κ2) is 5.75. The van der Waals surface area contributed by atoms with E-state index < -0.39 is 17.6 Å². The Bertz CT molecular complexity index is 553. The zero-order valence-corrected chi connectivity index (χ0v) is 11.4. The van der Waals surface area contributed by atoms with Crippen molar-refractivity contribution in [3.8, 4) is 0 Å². The van der Waals surface area contributed by atoms with Crippen molar-refractivity contribution in [1.82, 2.24) is 4.90 Å². The Hall–Kier alpha value is -2.05. The van der Waals surface area contributed by atoms with E-state index in [-0.39, 0.29) is 24.2 Å². The molecule has 2 rings (SSSR count). The largest absolute Gasteiger partial charge is 0.416 e. The number of hydrogen-bond acceptors (Lipinski definition) is 2. The van der Waals surface area contributed by atoms with Crippen molar-refractivity contribution >= 4 is 17.5 Å². The first-order chi connectivity index (χ1) is 9.77. The van der Waals surface area contributed by atoms with Crippen LogP contribution in [0, 0.1) is 0 Å². The molecule has 114 valence electrons. The van der Waals surface area contributed by atoms with Crippen molar-refractivity contribution in [3.05, 3.63) is 29.8 Å². The summed E-state index contributed by atoms with van der Waals surface area (Å²) in [5.41, 5.74) is -0.764. The van der Waals surface area contributed by atoms with Crippen LogP contribution in [0.4, 0.5) is 18.9 Å². The summed E-state index contributed by atoms with van der Waals surface area (Å²) in [7, 11) is 0. The van der Waals surface area contributed by atoms with Crippen LogP contribution in [0.1, 0.15) is 25.3 Å². The van der Waals surface area contributed by atoms with Gasteiger partial charge in [-0.3, -0.25) is 9.59 Å². The summed E-state index contributed by atoms with van der Waals surface area (Å²) >= 11 is 0. The molecule has 0 atom stereocenters. The minimum atomic E-state index is -4.46. The minimum Gasteiger partial charge on any atom is -0.331 e. The highest BCUT2D eigenvalue weighted by Gasteiger charge is 2.32. The van der Waals surface area contributed by atoms with Gasteiger partial charge in [0.1, 0.15) is 6.54 Å². The number of hydrogen-bond donors (Lipinski definition) is 1. The van der Waals surface area contributed by atoms with Crippen molar-refractivity contribution in [3.63, 3.8) is 0 Å². The second-order valence-electron chi connectivity index (χ2n) is 5.00. The predicted octanol–water partition coefficient (Wildman–Crippen LogP) is 2.65. The number of carbonyl (C=O) groups excluding carboxylic acids is 2. The number of nitrogens with one attached hydrogen (secondary N) is 1. The first-order valence-electron chi connectivity index (χ1n) is 6.51. The van der Waals surface area contributed by atoms with Crippen LogP contribution in [-0.4, -0.2) is 29.3 Å². The monoisotopic (exact) mass is 300 g/mol. The Labute approximate surface area is 119 Å². The first kappa shape index (κ1) is 15.3. The van der Waals surface area contributed by atoms with Crippen LogP contribution in [0.2, 0.25) is 0 Å². The molecule has 1 aromatic carbocycles. The summed E-state index contributed by atoms with van der Waals surface area (Å²) in [5, 5.41) is 2.39. The molecule has 1 saturated carbocycles. The van der Waals surface area contributed by atoms with Gasteiger partial charge in [0, 0.05) is 18.7 Å². The Balaban J connectivity index is 2.01. The molecule has 2 amide bonds. The van der Waals surface area contributed by atoms with E-state index in [4.69, 9.17) is 0 Å². The lowest BCUT2D eigenvalue weighted by Crippen LogP contribution is -2.38. The van der Waals surface area contributed by atoms with Gasteiger partial charge in [-0.15, -0.1) is 0 Å². The molecule has 0 spiro atoms. The van der Waals surface area contributed by atoms with E-state index in [1.165, 1.54) is 24.0 Å². The lowest BCUT2D eigenvalue weighted by atomic mass is 10.2. The number of carbonyl (C=O) groups is 2. The zero-order chi connectivity index (χ0) is 15.6. The Morgan fingerprint density at radius 1 is 1.33 bits per heavy atom. The molecule has 1 aromatic rings. The predicted molar refractivity (Wildman–Crippen MR) is 70.5 cm³/mol. The molecular formula is C14H15F3N2O2. The molecule has 1 fully saturated rings. The number of benzene rings is 1. The Morgan fingerprint density at radius 2 is 2.00 bits per heavy atom. The molecule has 7 heteroatoms. The fourth-order valence-electron chi connectivity index (χ4n) is 2.01. The molecule has 0 radical (unpaired) electrons. The van der Waals surface area contributed by atoms with E-state index in [2.05, 4.69) is 5.32 Å². The van der Waals surface area contributed by atoms with Gasteiger partial charge >= 0.3 is 6.18 Å². The van der Waals surface area contributed by atoms with Crippen LogP contribution in [-0.2, 0) is 15.8 Å². The summed E-state index contributed by atoms with van der Waals surface area (Å²) in [6, 6.07) is 4.48. The fourth-order valence-corrected chi connectivity index (χ4v) is 2.01. The van der Waals surface area contributed by atoms with E-state index >= 15 is 0 Å². The van der Waals surface area contributed by atoms with Crippen LogP contribution in [0.15, 0.2) is 24.3 Å². The smallest absolute Gasteiger partial charge is 0.331 e. The molecule has 0 saturated heterocycles. The van der Waals surface area contributed by atoms with Gasteiger partial charge in [0.05, 0.1) is 5.56 Å². The maximum atomic E-state index is 12.6. The van der Waals surface area contributed by atoms with Gasteiger partial charge in [0.15, 0.2) is 0 Å². The third-order valence-corrected chi connectivity index (χ3v) is 3.18. The van der Waals surface area contributed by atoms with Gasteiger partial charge in [-0.1, -0.05) is 6.07 Å². The number of halogens is 3. The SMILES string of the molecule is CC(=O)N(CC(=O)Nc1cccc(C(F)(F)F)c1)C1CC1. The van der Waals surface area contributed by atoms with Crippen LogP contribution in [0.3, 0.4) is 0 Å². The third kappa shape index (κ3) is 4.21. The highest BCUT2D eigenvalue weighted by molar-refractivity contribution is 5.94. The number of nitrogens with zero attached hydrogens (tertiary/aromatic N) is 1. The van der Waals surface area contributed by atoms with Crippen LogP contribution in [0.5, 0.6) is 0 Å². The van der Waals surface area contributed by atoms with Crippen molar-refractivity contribution in [1.29, 1.82) is 0 Å². The zero-order valence-electron chi connectivity index (χ0n) is 11.4. The van der Waals surface area contributed by atoms with E-state index in [1.54, 1.807) is 0 Å². The highest BCUT2D eigenvalue weighted by Crippen LogP contribution is 2.31. The highest BCUT2D eigenvalue weighted by atomic mass is 19.4. The molecule has 1 aliphatic carbocycles. The summed E-state index contributed by atoms with van der Waals surface area (Å²) in [6.07, 6.45) is -2.74. The number of alkyl halides is 3. The summed E-state index contributed by atoms with van der Waals surface area (Å²) in [4.78, 5) is 24.7. The van der Waals surface area contributed by atoms with Gasteiger partial charge in [0.25, 0.3) is 0 Å². The van der Waals surface area contributed by atoms with E-state index in [9.17, 15) is 22.8 Å². The average molecular weight is 300 g/mol. The molecule has 0 heterocycles. The molecule has 1 aliphatic rings. The lowest BCUT2D eigenvalue weighted by Gasteiger charge is -2.20. The minimum absolute atomic E-state index is 0.0640. The van der Waals surface area contributed by atoms with Gasteiger partial charge < -0.3 is 10.2 Å². The molecular weight excluding hydrogens is 285 g/mol. The van der Waals surface area contributed by atoms with Gasteiger partial charge in [-0.2, -0.15) is 13.2 Å². The Morgan fingerprint density at radius 3 is 2.52 bits per heavy atom. The molecule has 0 aliphatic heterocycles. The lowest BCUT2D eigenvalue weighted by molar-refractivity contribution is -0.137. The number of anilines is 1. The molecule has 4 nitrogen and oxygen atoms in total. The van der Waals surface area contributed by atoms with Crippen LogP contribution >= 0.6 is 0 Å². The fraction of sp³-hybridized carbons (Fsp3) is 0.429. The summed E-state index contributed by atoms with van der Waals surface area (Å²) < 4.78 is 37.7. The van der Waals surface area contributed by atoms with Crippen molar-refractivity contribution in [2.45, 2.75) is 32.0 Å². The molecule has 21 heavy (non-hydrogen) atoms. The van der Waals surface area contributed by atoms with E-state index in [0.717, 1.165) is 25.0 Å². The van der Waals surface area contributed by atoms with Crippen molar-refractivity contribution in [2.75, 3.05) is 11.9 Å². The quantitative estimate of drug-likeness (QED) is 0.929. The normalized spacial score (nSPS) is 14.7. The number of amides is 2. The maximum absolute atomic E-state index is 12.6. The van der Waals surface area contributed by atoms with Crippen molar-refractivity contribution < 1.29 is 22.8 Å². The first-order valence-corrected chi connectivity index (χ1v) is 6.51. The average Bonchev–Trinajstić information content (AvgIpc) is 3.19. The molecule has 1 N–H and O–H groups in total. The van der Waals surface area contributed by atoms with Gasteiger partial charge in [0.2, 0.25) is 11.8 Å². The standard InChI is InChI=1S/C14H15F3N2O2/c1-9(20)19(12-5-6-12)8-13(21)18-11-4-2-3-10(7-11)14(15,16)17/h2-4,7,12H,5-6,8H2,1H3,(H,18,21). The second-order valence-corrected chi connectivity index (χ2v) is 5.00. The van der Waals surface area contributed by atoms with E-state index in [0.29, 0.717) is 0 Å². The van der Waals surface area contributed by atoms with Gasteiger partial charge in [-0.05, 0) is 31.0 Å². The topological polar surface area (TPSA) is 49.4 Å². The number of rotatable bonds is 4. The molecule has 0 unspecified atom stereocenters. The maximum Gasteiger partial charge on any atom is 0.416 e. The van der Waals surface area contributed by atoms with Crippen LogP contribution < -0.4 is 5.32 Å². The summed E-state index contributed by atoms with van der Waals surface area (Å²) in [6.45, 7) is 1.23. The van der Waals surface area contributed by atoms with Crippen LogP contribution in [0.25, 0.3) is 0 Å². The Kier molecular flexibility index (Phi) is 4.20.